The van der Waals surface area contributed by atoms with Crippen molar-refractivity contribution in [1.29, 1.82) is 0 Å². The highest BCUT2D eigenvalue weighted by atomic mass is 35.5. The van der Waals surface area contributed by atoms with Gasteiger partial charge in [0.15, 0.2) is 0 Å². The number of methoxy groups -OCH3 is 1. The molecule has 0 aliphatic heterocycles. The predicted octanol–water partition coefficient (Wildman–Crippen LogP) is 3.70. The highest BCUT2D eigenvalue weighted by Crippen LogP contribution is 2.30. The molecule has 1 aromatic rings. The molecule has 0 aliphatic rings. The van der Waals surface area contributed by atoms with E-state index in [0.29, 0.717) is 28.6 Å². The van der Waals surface area contributed by atoms with Crippen LogP contribution < -0.4 is 0 Å². The average Bonchev–Trinajstić information content (AvgIpc) is 2.21. The molecule has 2 unspecified atom stereocenters. The Hall–Kier alpha value is -0.280. The molecule has 2 nitrogen and oxygen atoms in total. The second kappa shape index (κ2) is 6.45. The molecule has 0 radical (unpaired) electrons. The minimum Gasteiger partial charge on any atom is -0.388 e. The molecular weight excluding hydrogens is 247 g/mol. The molecule has 16 heavy (non-hydrogen) atoms. The molecule has 0 saturated heterocycles. The number of benzene rings is 1. The van der Waals surface area contributed by atoms with Crippen LogP contribution in [0.3, 0.4) is 0 Å². The van der Waals surface area contributed by atoms with Crippen molar-refractivity contribution in [2.24, 2.45) is 5.92 Å². The molecule has 2 atom stereocenters. The second-order valence-corrected chi connectivity index (χ2v) is 4.82. The van der Waals surface area contributed by atoms with Crippen molar-refractivity contribution in [3.8, 4) is 0 Å². The number of hydrogen-bond donors (Lipinski definition) is 1. The fourth-order valence-corrected chi connectivity index (χ4v) is 2.05. The molecule has 0 heterocycles. The summed E-state index contributed by atoms with van der Waals surface area (Å²) in [5, 5.41) is 11.1. The molecule has 1 rings (SSSR count). The minimum absolute atomic E-state index is 0.273. The van der Waals surface area contributed by atoms with Crippen molar-refractivity contribution in [3.63, 3.8) is 0 Å². The lowest BCUT2D eigenvalue weighted by Crippen LogP contribution is -2.09. The van der Waals surface area contributed by atoms with E-state index in [1.54, 1.807) is 25.3 Å². The van der Waals surface area contributed by atoms with Gasteiger partial charge in [-0.1, -0.05) is 30.1 Å². The van der Waals surface area contributed by atoms with E-state index in [4.69, 9.17) is 27.9 Å². The van der Waals surface area contributed by atoms with Gasteiger partial charge in [0, 0.05) is 29.3 Å². The third-order valence-electron chi connectivity index (χ3n) is 2.39. The van der Waals surface area contributed by atoms with Crippen molar-refractivity contribution < 1.29 is 9.84 Å². The maximum atomic E-state index is 10.0. The number of aliphatic hydroxyl groups excluding tert-OH is 1. The first kappa shape index (κ1) is 13.8. The Morgan fingerprint density at radius 1 is 1.38 bits per heavy atom. The average molecular weight is 263 g/mol. The van der Waals surface area contributed by atoms with Crippen molar-refractivity contribution in [2.45, 2.75) is 19.4 Å². The number of ether oxygens (including phenoxy) is 1. The first-order chi connectivity index (χ1) is 7.54. The summed E-state index contributed by atoms with van der Waals surface area (Å²) in [5.41, 5.74) is 0.678. The van der Waals surface area contributed by atoms with Gasteiger partial charge in [-0.05, 0) is 30.5 Å². The Labute approximate surface area is 106 Å². The Morgan fingerprint density at radius 2 is 2.06 bits per heavy atom. The summed E-state index contributed by atoms with van der Waals surface area (Å²) in [6.07, 6.45) is 0.00446. The first-order valence-electron chi connectivity index (χ1n) is 5.16. The zero-order valence-electron chi connectivity index (χ0n) is 9.41. The molecule has 0 aromatic heterocycles. The van der Waals surface area contributed by atoms with E-state index in [-0.39, 0.29) is 5.92 Å². The molecule has 0 aliphatic carbocycles. The van der Waals surface area contributed by atoms with Crippen LogP contribution in [-0.4, -0.2) is 18.8 Å². The molecule has 90 valence electrons. The Kier molecular flexibility index (Phi) is 5.56. The molecular formula is C12H16Cl2O2. The minimum atomic E-state index is -0.601. The zero-order valence-corrected chi connectivity index (χ0v) is 10.9. The second-order valence-electron chi connectivity index (χ2n) is 3.98. The fourth-order valence-electron chi connectivity index (χ4n) is 1.63. The Bertz CT molecular complexity index is 342. The predicted molar refractivity (Wildman–Crippen MR) is 67.1 cm³/mol. The lowest BCUT2D eigenvalue weighted by molar-refractivity contribution is 0.102. The molecule has 1 aromatic carbocycles. The maximum absolute atomic E-state index is 10.0. The highest BCUT2D eigenvalue weighted by molar-refractivity contribution is 6.33. The lowest BCUT2D eigenvalue weighted by atomic mass is 9.99. The summed E-state index contributed by atoms with van der Waals surface area (Å²) >= 11 is 11.9. The molecule has 0 fully saturated rings. The molecule has 0 bridgehead atoms. The van der Waals surface area contributed by atoms with Crippen LogP contribution in [0.2, 0.25) is 10.0 Å². The van der Waals surface area contributed by atoms with E-state index < -0.39 is 6.10 Å². The topological polar surface area (TPSA) is 29.5 Å². The van der Waals surface area contributed by atoms with E-state index in [2.05, 4.69) is 0 Å². The van der Waals surface area contributed by atoms with Gasteiger partial charge in [-0.2, -0.15) is 0 Å². The lowest BCUT2D eigenvalue weighted by Gasteiger charge is -2.17. The monoisotopic (exact) mass is 262 g/mol. The van der Waals surface area contributed by atoms with Gasteiger partial charge in [-0.3, -0.25) is 0 Å². The van der Waals surface area contributed by atoms with Gasteiger partial charge in [0.05, 0.1) is 6.10 Å². The van der Waals surface area contributed by atoms with Crippen molar-refractivity contribution in [1.82, 2.24) is 0 Å². The zero-order chi connectivity index (χ0) is 12.1. The third-order valence-corrected chi connectivity index (χ3v) is 2.97. The molecule has 0 amide bonds. The van der Waals surface area contributed by atoms with Gasteiger partial charge < -0.3 is 9.84 Å². The van der Waals surface area contributed by atoms with Crippen molar-refractivity contribution >= 4 is 23.2 Å². The van der Waals surface area contributed by atoms with E-state index in [9.17, 15) is 5.11 Å². The highest BCUT2D eigenvalue weighted by Gasteiger charge is 2.15. The van der Waals surface area contributed by atoms with Crippen molar-refractivity contribution in [2.75, 3.05) is 13.7 Å². The SMILES string of the molecule is COCC(C)CC(O)c1cc(Cl)ccc1Cl. The van der Waals surface area contributed by atoms with E-state index >= 15 is 0 Å². The number of rotatable bonds is 5. The van der Waals surface area contributed by atoms with E-state index in [1.807, 2.05) is 6.92 Å². The fraction of sp³-hybridized carbons (Fsp3) is 0.500. The molecule has 0 spiro atoms. The van der Waals surface area contributed by atoms with Gasteiger partial charge >= 0.3 is 0 Å². The van der Waals surface area contributed by atoms with Crippen LogP contribution in [0.25, 0.3) is 0 Å². The number of aliphatic hydroxyl groups is 1. The van der Waals surface area contributed by atoms with Crippen molar-refractivity contribution in [3.05, 3.63) is 33.8 Å². The molecule has 1 N–H and O–H groups in total. The van der Waals surface area contributed by atoms with Crippen LogP contribution in [0.4, 0.5) is 0 Å². The summed E-state index contributed by atoms with van der Waals surface area (Å²) in [6, 6.07) is 5.11. The quantitative estimate of drug-likeness (QED) is 0.877. The standard InChI is InChI=1S/C12H16Cl2O2/c1-8(7-16-2)5-12(15)10-6-9(13)3-4-11(10)14/h3-4,6,8,12,15H,5,7H2,1-2H3. The van der Waals surface area contributed by atoms with Gasteiger partial charge in [-0.15, -0.1) is 0 Å². The maximum Gasteiger partial charge on any atom is 0.0808 e. The van der Waals surface area contributed by atoms with Crippen LogP contribution in [0, 0.1) is 5.92 Å². The Morgan fingerprint density at radius 3 is 2.69 bits per heavy atom. The van der Waals surface area contributed by atoms with Gasteiger partial charge in [-0.25, -0.2) is 0 Å². The van der Waals surface area contributed by atoms with E-state index in [1.165, 1.54) is 0 Å². The smallest absolute Gasteiger partial charge is 0.0808 e. The summed E-state index contributed by atoms with van der Waals surface area (Å²) in [6.45, 7) is 2.64. The van der Waals surface area contributed by atoms with E-state index in [0.717, 1.165) is 0 Å². The molecule has 4 heteroatoms. The summed E-state index contributed by atoms with van der Waals surface area (Å²) < 4.78 is 5.02. The van der Waals surface area contributed by atoms with Gasteiger partial charge in [0.1, 0.15) is 0 Å². The normalized spacial score (nSPS) is 14.8. The van der Waals surface area contributed by atoms with Crippen LogP contribution in [0.5, 0.6) is 0 Å². The largest absolute Gasteiger partial charge is 0.388 e. The first-order valence-corrected chi connectivity index (χ1v) is 5.92. The number of halogens is 2. The Balaban J connectivity index is 2.72. The summed E-state index contributed by atoms with van der Waals surface area (Å²) in [7, 11) is 1.65. The van der Waals surface area contributed by atoms with Crippen LogP contribution in [0.1, 0.15) is 25.0 Å². The third kappa shape index (κ3) is 3.95. The van der Waals surface area contributed by atoms with Gasteiger partial charge in [0.25, 0.3) is 0 Å². The molecule has 0 saturated carbocycles. The number of hydrogen-bond acceptors (Lipinski definition) is 2. The van der Waals surface area contributed by atoms with Crippen LogP contribution in [-0.2, 0) is 4.74 Å². The summed E-state index contributed by atoms with van der Waals surface area (Å²) in [4.78, 5) is 0. The summed E-state index contributed by atoms with van der Waals surface area (Å²) in [5.74, 6) is 0.273. The van der Waals surface area contributed by atoms with Crippen LogP contribution in [0.15, 0.2) is 18.2 Å². The van der Waals surface area contributed by atoms with Crippen LogP contribution >= 0.6 is 23.2 Å². The van der Waals surface area contributed by atoms with Gasteiger partial charge in [0.2, 0.25) is 0 Å².